The molecule has 0 atom stereocenters. The molecule has 0 fully saturated rings. The zero-order chi connectivity index (χ0) is 20.7. The van der Waals surface area contributed by atoms with Crippen LogP contribution in [0.5, 0.6) is 0 Å². The molecule has 146 valence electrons. The monoisotopic (exact) mass is 446 g/mol. The first-order chi connectivity index (χ1) is 13.8. The van der Waals surface area contributed by atoms with E-state index in [1.165, 1.54) is 30.4 Å². The van der Waals surface area contributed by atoms with Crippen LogP contribution in [0.25, 0.3) is 20.3 Å². The standard InChI is InChI=1S/C18H11ClN4O4S2/c1-8(24)20-9-5-6-11-13(7-9)28-18(21-11)22-17(25)16-14(19)10-3-2-4-12(23(26)27)15(10)29-16/h2-7H,1H3,(H,20,24)(H,21,22,25). The molecule has 0 saturated heterocycles. The predicted molar refractivity (Wildman–Crippen MR) is 115 cm³/mol. The van der Waals surface area contributed by atoms with Gasteiger partial charge in [-0.3, -0.25) is 25.0 Å². The van der Waals surface area contributed by atoms with Gasteiger partial charge >= 0.3 is 0 Å². The first-order valence-corrected chi connectivity index (χ1v) is 10.2. The Balaban J connectivity index is 1.66. The quantitative estimate of drug-likeness (QED) is 0.327. The summed E-state index contributed by atoms with van der Waals surface area (Å²) in [7, 11) is 0. The molecule has 0 saturated carbocycles. The SMILES string of the molecule is CC(=O)Nc1ccc2nc(NC(=O)c3sc4c([N+](=O)[O-])cccc4c3Cl)sc2c1. The third kappa shape index (κ3) is 3.65. The molecule has 29 heavy (non-hydrogen) atoms. The summed E-state index contributed by atoms with van der Waals surface area (Å²) >= 11 is 8.52. The minimum absolute atomic E-state index is 0.0982. The Bertz CT molecular complexity index is 1310. The van der Waals surface area contributed by atoms with Gasteiger partial charge in [0.2, 0.25) is 5.91 Å². The number of fused-ring (bicyclic) bond motifs is 2. The van der Waals surface area contributed by atoms with E-state index in [0.29, 0.717) is 26.4 Å². The lowest BCUT2D eigenvalue weighted by atomic mass is 10.2. The average molecular weight is 447 g/mol. The van der Waals surface area contributed by atoms with Gasteiger partial charge in [0.05, 0.1) is 20.2 Å². The van der Waals surface area contributed by atoms with Gasteiger partial charge in [0.1, 0.15) is 9.58 Å². The number of nitrogens with zero attached hydrogens (tertiary/aromatic N) is 2. The fourth-order valence-electron chi connectivity index (χ4n) is 2.78. The number of nitrogens with one attached hydrogen (secondary N) is 2. The van der Waals surface area contributed by atoms with Gasteiger partial charge in [0.25, 0.3) is 11.6 Å². The Kier molecular flexibility index (Phi) is 4.91. The van der Waals surface area contributed by atoms with E-state index >= 15 is 0 Å². The van der Waals surface area contributed by atoms with Crippen LogP contribution in [0.3, 0.4) is 0 Å². The van der Waals surface area contributed by atoms with E-state index in [1.807, 2.05) is 0 Å². The molecule has 4 aromatic rings. The summed E-state index contributed by atoms with van der Waals surface area (Å²) in [5.41, 5.74) is 1.20. The molecule has 0 aliphatic heterocycles. The highest BCUT2D eigenvalue weighted by Crippen LogP contribution is 2.40. The van der Waals surface area contributed by atoms with Gasteiger partial charge < -0.3 is 5.32 Å². The van der Waals surface area contributed by atoms with E-state index in [4.69, 9.17) is 11.6 Å². The number of anilines is 2. The van der Waals surface area contributed by atoms with Crippen molar-refractivity contribution in [3.05, 3.63) is 56.4 Å². The fourth-order valence-corrected chi connectivity index (χ4v) is 5.17. The molecule has 8 nitrogen and oxygen atoms in total. The van der Waals surface area contributed by atoms with Gasteiger partial charge in [-0.25, -0.2) is 4.98 Å². The maximum Gasteiger partial charge on any atom is 0.287 e. The first kappa shape index (κ1) is 19.2. The number of halogens is 1. The molecule has 0 spiro atoms. The first-order valence-electron chi connectivity index (χ1n) is 8.18. The zero-order valence-electron chi connectivity index (χ0n) is 14.7. The molecule has 0 radical (unpaired) electrons. The molecule has 0 bridgehead atoms. The topological polar surface area (TPSA) is 114 Å². The third-order valence-corrected chi connectivity index (χ3v) is 6.63. The van der Waals surface area contributed by atoms with Gasteiger partial charge in [-0.1, -0.05) is 35.1 Å². The normalized spacial score (nSPS) is 11.0. The number of nitro benzene ring substituents is 1. The van der Waals surface area contributed by atoms with Gasteiger partial charge in [-0.05, 0) is 18.2 Å². The summed E-state index contributed by atoms with van der Waals surface area (Å²) in [6.07, 6.45) is 0. The molecular weight excluding hydrogens is 436 g/mol. The van der Waals surface area contributed by atoms with Crippen molar-refractivity contribution < 1.29 is 14.5 Å². The number of non-ortho nitro benzene ring substituents is 1. The summed E-state index contributed by atoms with van der Waals surface area (Å²) in [5.74, 6) is -0.678. The van der Waals surface area contributed by atoms with Crippen molar-refractivity contribution in [2.24, 2.45) is 0 Å². The third-order valence-electron chi connectivity index (χ3n) is 3.97. The van der Waals surface area contributed by atoms with E-state index < -0.39 is 10.8 Å². The van der Waals surface area contributed by atoms with Crippen LogP contribution in [0.1, 0.15) is 16.6 Å². The van der Waals surface area contributed by atoms with E-state index in [1.54, 1.807) is 24.3 Å². The van der Waals surface area contributed by atoms with Crippen molar-refractivity contribution in [3.63, 3.8) is 0 Å². The number of amides is 2. The van der Waals surface area contributed by atoms with Gasteiger partial charge in [0.15, 0.2) is 5.13 Å². The highest BCUT2D eigenvalue weighted by Gasteiger charge is 2.23. The van der Waals surface area contributed by atoms with Crippen molar-refractivity contribution in [1.82, 2.24) is 4.98 Å². The van der Waals surface area contributed by atoms with Gasteiger partial charge in [-0.2, -0.15) is 0 Å². The fraction of sp³-hybridized carbons (Fsp3) is 0.0556. The zero-order valence-corrected chi connectivity index (χ0v) is 17.1. The lowest BCUT2D eigenvalue weighted by Crippen LogP contribution is -2.10. The number of benzene rings is 2. The Hall–Kier alpha value is -3.08. The van der Waals surface area contributed by atoms with Crippen LogP contribution in [-0.4, -0.2) is 21.7 Å². The Labute approximate surface area is 176 Å². The van der Waals surface area contributed by atoms with Crippen LogP contribution in [0.15, 0.2) is 36.4 Å². The molecule has 2 N–H and O–H groups in total. The molecule has 0 aliphatic carbocycles. The van der Waals surface area contributed by atoms with E-state index in [9.17, 15) is 19.7 Å². The Morgan fingerprint density at radius 1 is 1.17 bits per heavy atom. The highest BCUT2D eigenvalue weighted by molar-refractivity contribution is 7.23. The second kappa shape index (κ2) is 7.39. The molecule has 0 unspecified atom stereocenters. The van der Waals surface area contributed by atoms with Crippen molar-refractivity contribution >= 4 is 82.9 Å². The molecule has 2 aromatic carbocycles. The molecule has 2 heterocycles. The summed E-state index contributed by atoms with van der Waals surface area (Å²) < 4.78 is 1.13. The Morgan fingerprint density at radius 2 is 1.97 bits per heavy atom. The van der Waals surface area contributed by atoms with Crippen LogP contribution in [-0.2, 0) is 4.79 Å². The van der Waals surface area contributed by atoms with Crippen LogP contribution in [0, 0.1) is 10.1 Å². The number of nitro groups is 1. The number of carbonyl (C=O) groups is 2. The van der Waals surface area contributed by atoms with E-state index in [0.717, 1.165) is 16.0 Å². The number of thiophene rings is 1. The minimum Gasteiger partial charge on any atom is -0.326 e. The van der Waals surface area contributed by atoms with E-state index in [-0.39, 0.29) is 21.5 Å². The van der Waals surface area contributed by atoms with Crippen molar-refractivity contribution in [1.29, 1.82) is 0 Å². The molecule has 11 heteroatoms. The van der Waals surface area contributed by atoms with Crippen LogP contribution in [0.2, 0.25) is 5.02 Å². The molecule has 0 aliphatic rings. The number of rotatable bonds is 4. The second-order valence-corrected chi connectivity index (χ2v) is 8.42. The second-order valence-electron chi connectivity index (χ2n) is 5.99. The summed E-state index contributed by atoms with van der Waals surface area (Å²) in [6.45, 7) is 1.42. The lowest BCUT2D eigenvalue weighted by Gasteiger charge is -1.99. The number of thiazole rings is 1. The van der Waals surface area contributed by atoms with E-state index in [2.05, 4.69) is 15.6 Å². The summed E-state index contributed by atoms with van der Waals surface area (Å²) in [5, 5.41) is 17.6. The van der Waals surface area contributed by atoms with Crippen molar-refractivity contribution in [3.8, 4) is 0 Å². The van der Waals surface area contributed by atoms with Crippen LogP contribution >= 0.6 is 34.3 Å². The van der Waals surface area contributed by atoms with Gasteiger partial charge in [-0.15, -0.1) is 11.3 Å². The lowest BCUT2D eigenvalue weighted by molar-refractivity contribution is -0.382. The van der Waals surface area contributed by atoms with Crippen molar-refractivity contribution in [2.75, 3.05) is 10.6 Å². The predicted octanol–water partition coefficient (Wildman–Crippen LogP) is 5.28. The van der Waals surface area contributed by atoms with Crippen molar-refractivity contribution in [2.45, 2.75) is 6.92 Å². The maximum atomic E-state index is 12.7. The summed E-state index contributed by atoms with van der Waals surface area (Å²) in [6, 6.07) is 9.76. The smallest absolute Gasteiger partial charge is 0.287 e. The highest BCUT2D eigenvalue weighted by atomic mass is 35.5. The minimum atomic E-state index is -0.503. The number of hydrogen-bond acceptors (Lipinski definition) is 7. The number of aromatic nitrogens is 1. The molecular formula is C18H11ClN4O4S2. The molecule has 2 amide bonds. The van der Waals surface area contributed by atoms with Crippen LogP contribution in [0.4, 0.5) is 16.5 Å². The average Bonchev–Trinajstić information content (AvgIpc) is 3.21. The number of hydrogen-bond donors (Lipinski definition) is 2. The largest absolute Gasteiger partial charge is 0.326 e. The Morgan fingerprint density at radius 3 is 2.69 bits per heavy atom. The van der Waals surface area contributed by atoms with Crippen LogP contribution < -0.4 is 10.6 Å². The van der Waals surface area contributed by atoms with Gasteiger partial charge in [0, 0.05) is 24.1 Å². The molecule has 4 rings (SSSR count). The summed E-state index contributed by atoms with van der Waals surface area (Å²) in [4.78, 5) is 39.2. The number of carbonyl (C=O) groups excluding carboxylic acids is 2. The maximum absolute atomic E-state index is 12.7. The molecule has 2 aromatic heterocycles.